The highest BCUT2D eigenvalue weighted by atomic mass is 35.5. The van der Waals surface area contributed by atoms with Crippen LogP contribution in [0.5, 0.6) is 5.75 Å². The van der Waals surface area contributed by atoms with Gasteiger partial charge >= 0.3 is 0 Å². The first kappa shape index (κ1) is 23.7. The van der Waals surface area contributed by atoms with E-state index < -0.39 is 20.5 Å². The van der Waals surface area contributed by atoms with Crippen LogP contribution >= 0.6 is 12.4 Å². The fraction of sp³-hybridized carbons (Fsp3) is 0.632. The number of carbonyl (C=O) groups excluding carboxylic acids is 1. The number of hydrogen-bond donors (Lipinski definition) is 2. The number of rotatable bonds is 7. The van der Waals surface area contributed by atoms with Crippen molar-refractivity contribution < 1.29 is 17.9 Å². The van der Waals surface area contributed by atoms with Crippen LogP contribution in [0.3, 0.4) is 0 Å². The third-order valence-corrected chi connectivity index (χ3v) is 6.86. The zero-order chi connectivity index (χ0) is 19.4. The highest BCUT2D eigenvalue weighted by Crippen LogP contribution is 2.29. The Kier molecular flexibility index (Phi) is 8.57. The van der Waals surface area contributed by atoms with Crippen molar-refractivity contribution >= 4 is 28.2 Å². The summed E-state index contributed by atoms with van der Waals surface area (Å²) in [6.07, 6.45) is 1.75. The third-order valence-electron chi connectivity index (χ3n) is 4.85. The van der Waals surface area contributed by atoms with E-state index in [2.05, 4.69) is 24.5 Å². The molecule has 1 atom stereocenters. The SMILES string of the molecule is CC(C)COc1ccc(C(C)NC(=O)C2(S(C)(=O)=O)CCNCC2)cc1.Cl. The van der Waals surface area contributed by atoms with Gasteiger partial charge in [-0.05, 0) is 56.5 Å². The molecule has 6 nitrogen and oxygen atoms in total. The molecule has 0 spiro atoms. The molecule has 1 aliphatic heterocycles. The molecule has 1 unspecified atom stereocenters. The molecule has 0 aliphatic carbocycles. The van der Waals surface area contributed by atoms with E-state index >= 15 is 0 Å². The molecule has 0 bridgehead atoms. The normalized spacial score (nSPS) is 17.7. The summed E-state index contributed by atoms with van der Waals surface area (Å²) in [6, 6.07) is 7.26. The largest absolute Gasteiger partial charge is 0.493 e. The molecular formula is C19H31ClN2O4S. The predicted molar refractivity (Wildman–Crippen MR) is 110 cm³/mol. The molecule has 1 aliphatic rings. The molecule has 0 aromatic heterocycles. The molecule has 2 rings (SSSR count). The molecule has 1 saturated heterocycles. The molecule has 1 aromatic rings. The summed E-state index contributed by atoms with van der Waals surface area (Å²) in [7, 11) is -3.51. The van der Waals surface area contributed by atoms with Gasteiger partial charge in [-0.2, -0.15) is 0 Å². The number of hydrogen-bond acceptors (Lipinski definition) is 5. The number of nitrogens with one attached hydrogen (secondary N) is 2. The van der Waals surface area contributed by atoms with Crippen molar-refractivity contribution in [1.82, 2.24) is 10.6 Å². The van der Waals surface area contributed by atoms with E-state index in [0.717, 1.165) is 17.6 Å². The molecule has 1 heterocycles. The number of benzene rings is 1. The lowest BCUT2D eigenvalue weighted by Gasteiger charge is -2.35. The zero-order valence-electron chi connectivity index (χ0n) is 16.4. The van der Waals surface area contributed by atoms with Crippen LogP contribution in [0.25, 0.3) is 0 Å². The van der Waals surface area contributed by atoms with Gasteiger partial charge in [0, 0.05) is 6.26 Å². The van der Waals surface area contributed by atoms with Crippen molar-refractivity contribution in [2.45, 2.75) is 44.4 Å². The van der Waals surface area contributed by atoms with Gasteiger partial charge in [-0.15, -0.1) is 12.4 Å². The summed E-state index contributed by atoms with van der Waals surface area (Å²) in [6.45, 7) is 7.73. The molecule has 1 aromatic carbocycles. The van der Waals surface area contributed by atoms with Gasteiger partial charge in [0.2, 0.25) is 5.91 Å². The van der Waals surface area contributed by atoms with Crippen LogP contribution in [0.1, 0.15) is 45.2 Å². The van der Waals surface area contributed by atoms with Crippen LogP contribution in [0.4, 0.5) is 0 Å². The lowest BCUT2D eigenvalue weighted by Crippen LogP contribution is -2.57. The Bertz CT molecular complexity index is 714. The van der Waals surface area contributed by atoms with Crippen molar-refractivity contribution in [2.24, 2.45) is 5.92 Å². The summed E-state index contributed by atoms with van der Waals surface area (Å²) in [5.74, 6) is 0.825. The standard InChI is InChI=1S/C19H30N2O4S.ClH/c1-14(2)13-25-17-7-5-16(6-8-17)15(3)21-18(22)19(26(4,23)24)9-11-20-12-10-19;/h5-8,14-15,20H,9-13H2,1-4H3,(H,21,22);1H. The number of halogens is 1. The number of amides is 1. The third kappa shape index (κ3) is 5.83. The van der Waals surface area contributed by atoms with Gasteiger partial charge in [0.05, 0.1) is 12.6 Å². The van der Waals surface area contributed by atoms with E-state index in [0.29, 0.717) is 38.5 Å². The van der Waals surface area contributed by atoms with Gasteiger partial charge in [0.25, 0.3) is 0 Å². The number of ether oxygens (including phenoxy) is 1. The smallest absolute Gasteiger partial charge is 0.242 e. The van der Waals surface area contributed by atoms with E-state index in [9.17, 15) is 13.2 Å². The van der Waals surface area contributed by atoms with E-state index in [-0.39, 0.29) is 18.4 Å². The molecule has 154 valence electrons. The number of piperidine rings is 1. The Morgan fingerprint density at radius 3 is 2.22 bits per heavy atom. The van der Waals surface area contributed by atoms with Crippen LogP contribution in [-0.2, 0) is 14.6 Å². The fourth-order valence-electron chi connectivity index (χ4n) is 3.12. The Morgan fingerprint density at radius 1 is 1.19 bits per heavy atom. The molecule has 1 amide bonds. The first-order chi connectivity index (χ1) is 12.2. The maximum atomic E-state index is 12.9. The highest BCUT2D eigenvalue weighted by Gasteiger charge is 2.48. The minimum Gasteiger partial charge on any atom is -0.493 e. The number of carbonyl (C=O) groups is 1. The quantitative estimate of drug-likeness (QED) is 0.710. The lowest BCUT2D eigenvalue weighted by atomic mass is 9.95. The molecule has 8 heteroatoms. The van der Waals surface area contributed by atoms with E-state index in [1.165, 1.54) is 0 Å². The molecule has 1 fully saturated rings. The van der Waals surface area contributed by atoms with Crippen LogP contribution in [0, 0.1) is 5.92 Å². The first-order valence-electron chi connectivity index (χ1n) is 9.10. The Hall–Kier alpha value is -1.31. The van der Waals surface area contributed by atoms with Gasteiger partial charge in [0.1, 0.15) is 5.75 Å². The topological polar surface area (TPSA) is 84.5 Å². The molecule has 2 N–H and O–H groups in total. The predicted octanol–water partition coefficient (Wildman–Crippen LogP) is 2.49. The molecular weight excluding hydrogens is 388 g/mol. The van der Waals surface area contributed by atoms with Crippen molar-refractivity contribution in [2.75, 3.05) is 26.0 Å². The maximum Gasteiger partial charge on any atom is 0.242 e. The van der Waals surface area contributed by atoms with Crippen molar-refractivity contribution in [3.63, 3.8) is 0 Å². The second-order valence-electron chi connectivity index (χ2n) is 7.49. The molecule has 0 saturated carbocycles. The van der Waals surface area contributed by atoms with Crippen molar-refractivity contribution in [3.05, 3.63) is 29.8 Å². The Morgan fingerprint density at radius 2 is 1.74 bits per heavy atom. The second kappa shape index (κ2) is 9.75. The summed E-state index contributed by atoms with van der Waals surface area (Å²) in [4.78, 5) is 12.9. The van der Waals surface area contributed by atoms with Gasteiger partial charge in [0.15, 0.2) is 14.6 Å². The molecule has 27 heavy (non-hydrogen) atoms. The van der Waals surface area contributed by atoms with Gasteiger partial charge in [-0.25, -0.2) is 8.42 Å². The van der Waals surface area contributed by atoms with Gasteiger partial charge in [-0.3, -0.25) is 4.79 Å². The van der Waals surface area contributed by atoms with Crippen LogP contribution in [0.2, 0.25) is 0 Å². The van der Waals surface area contributed by atoms with Crippen molar-refractivity contribution in [3.8, 4) is 5.75 Å². The zero-order valence-corrected chi connectivity index (χ0v) is 18.1. The minimum atomic E-state index is -3.51. The van der Waals surface area contributed by atoms with Gasteiger partial charge in [-0.1, -0.05) is 26.0 Å². The minimum absolute atomic E-state index is 0. The Balaban J connectivity index is 0.00000364. The highest BCUT2D eigenvalue weighted by molar-refractivity contribution is 7.92. The van der Waals surface area contributed by atoms with E-state index in [4.69, 9.17) is 4.74 Å². The molecule has 0 radical (unpaired) electrons. The summed E-state index contributed by atoms with van der Waals surface area (Å²) >= 11 is 0. The van der Waals surface area contributed by atoms with E-state index in [1.807, 2.05) is 31.2 Å². The van der Waals surface area contributed by atoms with Gasteiger partial charge < -0.3 is 15.4 Å². The van der Waals surface area contributed by atoms with Crippen LogP contribution < -0.4 is 15.4 Å². The van der Waals surface area contributed by atoms with Crippen LogP contribution in [-0.4, -0.2) is 45.0 Å². The number of sulfone groups is 1. The van der Waals surface area contributed by atoms with E-state index in [1.54, 1.807) is 0 Å². The second-order valence-corrected chi connectivity index (χ2v) is 9.81. The first-order valence-corrected chi connectivity index (χ1v) is 11.0. The Labute approximate surface area is 168 Å². The fourth-order valence-corrected chi connectivity index (χ4v) is 4.47. The average Bonchev–Trinajstić information content (AvgIpc) is 2.60. The lowest BCUT2D eigenvalue weighted by molar-refractivity contribution is -0.125. The maximum absolute atomic E-state index is 12.9. The van der Waals surface area contributed by atoms with Crippen LogP contribution in [0.15, 0.2) is 24.3 Å². The summed E-state index contributed by atoms with van der Waals surface area (Å²) in [5.41, 5.74) is 0.910. The summed E-state index contributed by atoms with van der Waals surface area (Å²) in [5, 5.41) is 6.02. The monoisotopic (exact) mass is 418 g/mol. The summed E-state index contributed by atoms with van der Waals surface area (Å²) < 4.78 is 29.0. The average molecular weight is 419 g/mol. The van der Waals surface area contributed by atoms with Crippen molar-refractivity contribution in [1.29, 1.82) is 0 Å².